The van der Waals surface area contributed by atoms with Crippen LogP contribution in [0.3, 0.4) is 0 Å². The molecular weight excluding hydrogens is 340 g/mol. The van der Waals surface area contributed by atoms with Crippen LogP contribution in [0.5, 0.6) is 0 Å². The maximum Gasteiger partial charge on any atom is 0.260 e. The van der Waals surface area contributed by atoms with Crippen molar-refractivity contribution in [2.24, 2.45) is 0 Å². The standard InChI is InChI=1S/C17H22N4O3S/c1-11(2)16-14(17(22)19-15-6-4-5-12(3)18-15)9-21(20-16)13-7-8-25(23,24)10-13/h4-6,9,11,13H,7-8,10H2,1-3H3,(H,18,19,22). The summed E-state index contributed by atoms with van der Waals surface area (Å²) in [7, 11) is -3.01. The maximum atomic E-state index is 12.7. The zero-order valence-corrected chi connectivity index (χ0v) is 15.4. The van der Waals surface area contributed by atoms with Gasteiger partial charge in [-0.3, -0.25) is 9.48 Å². The van der Waals surface area contributed by atoms with E-state index >= 15 is 0 Å². The van der Waals surface area contributed by atoms with Crippen molar-refractivity contribution in [1.82, 2.24) is 14.8 Å². The molecule has 0 aromatic carbocycles. The third-order valence-corrected chi connectivity index (χ3v) is 6.01. The smallest absolute Gasteiger partial charge is 0.260 e. The van der Waals surface area contributed by atoms with E-state index in [1.165, 1.54) is 0 Å². The van der Waals surface area contributed by atoms with Crippen molar-refractivity contribution in [3.63, 3.8) is 0 Å². The molecule has 1 unspecified atom stereocenters. The molecule has 0 aliphatic carbocycles. The summed E-state index contributed by atoms with van der Waals surface area (Å²) in [5, 5.41) is 7.30. The Kier molecular flexibility index (Phi) is 4.64. The number of pyridine rings is 1. The number of anilines is 1. The van der Waals surface area contributed by atoms with Gasteiger partial charge in [-0.05, 0) is 31.4 Å². The molecule has 1 N–H and O–H groups in total. The van der Waals surface area contributed by atoms with Crippen LogP contribution in [0.4, 0.5) is 5.82 Å². The quantitative estimate of drug-likeness (QED) is 0.901. The third kappa shape index (κ3) is 3.89. The van der Waals surface area contributed by atoms with E-state index in [0.29, 0.717) is 23.5 Å². The Hall–Kier alpha value is -2.22. The van der Waals surface area contributed by atoms with E-state index in [2.05, 4.69) is 15.4 Å². The number of rotatable bonds is 4. The molecule has 3 heterocycles. The molecule has 2 aromatic heterocycles. The van der Waals surface area contributed by atoms with Gasteiger partial charge in [-0.25, -0.2) is 13.4 Å². The van der Waals surface area contributed by atoms with E-state index in [1.807, 2.05) is 32.9 Å². The van der Waals surface area contributed by atoms with Gasteiger partial charge in [-0.15, -0.1) is 0 Å². The molecule has 2 aromatic rings. The molecule has 1 amide bonds. The normalized spacial score (nSPS) is 19.3. The van der Waals surface area contributed by atoms with Crippen LogP contribution in [0, 0.1) is 6.92 Å². The SMILES string of the molecule is Cc1cccc(NC(=O)c2cn(C3CCS(=O)(=O)C3)nc2C(C)C)n1. The minimum Gasteiger partial charge on any atom is -0.306 e. The second kappa shape index (κ2) is 6.59. The van der Waals surface area contributed by atoms with E-state index in [0.717, 1.165) is 5.69 Å². The molecule has 1 fully saturated rings. The lowest BCUT2D eigenvalue weighted by Gasteiger charge is -2.07. The zero-order chi connectivity index (χ0) is 18.2. The van der Waals surface area contributed by atoms with Crippen molar-refractivity contribution in [2.45, 2.75) is 39.2 Å². The molecule has 8 heteroatoms. The molecule has 3 rings (SSSR count). The van der Waals surface area contributed by atoms with E-state index in [4.69, 9.17) is 0 Å². The molecular formula is C17H22N4O3S. The van der Waals surface area contributed by atoms with Crippen molar-refractivity contribution < 1.29 is 13.2 Å². The van der Waals surface area contributed by atoms with Crippen LogP contribution < -0.4 is 5.32 Å². The van der Waals surface area contributed by atoms with Gasteiger partial charge in [0.25, 0.3) is 5.91 Å². The average molecular weight is 362 g/mol. The molecule has 0 spiro atoms. The first-order valence-corrected chi connectivity index (χ1v) is 10.1. The molecule has 1 saturated heterocycles. The van der Waals surface area contributed by atoms with Gasteiger partial charge in [0.1, 0.15) is 5.82 Å². The fourth-order valence-electron chi connectivity index (χ4n) is 2.97. The number of hydrogen-bond donors (Lipinski definition) is 1. The van der Waals surface area contributed by atoms with E-state index in [-0.39, 0.29) is 29.4 Å². The van der Waals surface area contributed by atoms with Gasteiger partial charge in [-0.2, -0.15) is 5.10 Å². The molecule has 1 atom stereocenters. The molecule has 1 aliphatic heterocycles. The Bertz CT molecular complexity index is 902. The van der Waals surface area contributed by atoms with E-state index in [9.17, 15) is 13.2 Å². The average Bonchev–Trinajstić information content (AvgIpc) is 3.10. The minimum absolute atomic E-state index is 0.0467. The maximum absolute atomic E-state index is 12.7. The Balaban J connectivity index is 1.88. The van der Waals surface area contributed by atoms with Gasteiger partial charge in [-0.1, -0.05) is 19.9 Å². The Labute approximate surface area is 147 Å². The lowest BCUT2D eigenvalue weighted by Crippen LogP contribution is -2.15. The predicted molar refractivity (Wildman–Crippen MR) is 95.6 cm³/mol. The van der Waals surface area contributed by atoms with Crippen LogP contribution in [-0.2, 0) is 9.84 Å². The predicted octanol–water partition coefficient (Wildman–Crippen LogP) is 2.32. The summed E-state index contributed by atoms with van der Waals surface area (Å²) in [6.45, 7) is 5.77. The number of nitrogens with one attached hydrogen (secondary N) is 1. The number of sulfone groups is 1. The number of hydrogen-bond acceptors (Lipinski definition) is 5. The van der Waals surface area contributed by atoms with Crippen LogP contribution in [0.15, 0.2) is 24.4 Å². The zero-order valence-electron chi connectivity index (χ0n) is 14.6. The largest absolute Gasteiger partial charge is 0.306 e. The summed E-state index contributed by atoms with van der Waals surface area (Å²) in [4.78, 5) is 17.0. The summed E-state index contributed by atoms with van der Waals surface area (Å²) < 4.78 is 25.1. The van der Waals surface area contributed by atoms with Crippen LogP contribution in [0.1, 0.15) is 54.0 Å². The highest BCUT2D eigenvalue weighted by Crippen LogP contribution is 2.26. The summed E-state index contributed by atoms with van der Waals surface area (Å²) >= 11 is 0. The van der Waals surface area contributed by atoms with Gasteiger partial charge in [0, 0.05) is 11.9 Å². The van der Waals surface area contributed by atoms with Crippen molar-refractivity contribution in [3.8, 4) is 0 Å². The number of aromatic nitrogens is 3. The monoisotopic (exact) mass is 362 g/mol. The summed E-state index contributed by atoms with van der Waals surface area (Å²) in [5.74, 6) is 0.492. The van der Waals surface area contributed by atoms with Gasteiger partial charge in [0.15, 0.2) is 9.84 Å². The van der Waals surface area contributed by atoms with Crippen LogP contribution in [-0.4, -0.2) is 40.6 Å². The van der Waals surface area contributed by atoms with Crippen molar-refractivity contribution >= 4 is 21.6 Å². The minimum atomic E-state index is -3.01. The number of nitrogens with zero attached hydrogens (tertiary/aromatic N) is 3. The lowest BCUT2D eigenvalue weighted by atomic mass is 10.1. The Morgan fingerprint density at radius 1 is 1.36 bits per heavy atom. The first kappa shape index (κ1) is 17.6. The van der Waals surface area contributed by atoms with Crippen LogP contribution in [0.25, 0.3) is 0 Å². The van der Waals surface area contributed by atoms with Gasteiger partial charge < -0.3 is 5.32 Å². The topological polar surface area (TPSA) is 94.0 Å². The van der Waals surface area contributed by atoms with Gasteiger partial charge in [0.2, 0.25) is 0 Å². The molecule has 0 radical (unpaired) electrons. The first-order chi connectivity index (χ1) is 11.7. The molecule has 1 aliphatic rings. The molecule has 0 bridgehead atoms. The number of amides is 1. The summed E-state index contributed by atoms with van der Waals surface area (Å²) in [5.41, 5.74) is 1.94. The highest BCUT2D eigenvalue weighted by Gasteiger charge is 2.31. The second-order valence-corrected chi connectivity index (χ2v) is 8.97. The molecule has 134 valence electrons. The fourth-order valence-corrected chi connectivity index (χ4v) is 4.68. The molecule has 25 heavy (non-hydrogen) atoms. The van der Waals surface area contributed by atoms with Crippen molar-refractivity contribution in [3.05, 3.63) is 41.3 Å². The number of carbonyl (C=O) groups is 1. The Morgan fingerprint density at radius 2 is 2.12 bits per heavy atom. The third-order valence-electron chi connectivity index (χ3n) is 4.26. The molecule has 7 nitrogen and oxygen atoms in total. The van der Waals surface area contributed by atoms with Crippen molar-refractivity contribution in [1.29, 1.82) is 0 Å². The second-order valence-electron chi connectivity index (χ2n) is 6.74. The Morgan fingerprint density at radius 3 is 2.72 bits per heavy atom. The van der Waals surface area contributed by atoms with Gasteiger partial charge >= 0.3 is 0 Å². The lowest BCUT2D eigenvalue weighted by molar-refractivity contribution is 0.102. The highest BCUT2D eigenvalue weighted by atomic mass is 32.2. The van der Waals surface area contributed by atoms with Crippen LogP contribution >= 0.6 is 0 Å². The number of aryl methyl sites for hydroxylation is 1. The molecule has 0 saturated carbocycles. The van der Waals surface area contributed by atoms with Crippen molar-refractivity contribution in [2.75, 3.05) is 16.8 Å². The fraction of sp³-hybridized carbons (Fsp3) is 0.471. The summed E-state index contributed by atoms with van der Waals surface area (Å²) in [6, 6.07) is 5.21. The van der Waals surface area contributed by atoms with Gasteiger partial charge in [0.05, 0.1) is 28.8 Å². The number of carbonyl (C=O) groups excluding carboxylic acids is 1. The van der Waals surface area contributed by atoms with E-state index in [1.54, 1.807) is 16.9 Å². The van der Waals surface area contributed by atoms with E-state index < -0.39 is 9.84 Å². The highest BCUT2D eigenvalue weighted by molar-refractivity contribution is 7.91. The van der Waals surface area contributed by atoms with Crippen LogP contribution in [0.2, 0.25) is 0 Å². The first-order valence-electron chi connectivity index (χ1n) is 8.29. The summed E-state index contributed by atoms with van der Waals surface area (Å²) in [6.07, 6.45) is 2.19.